The predicted molar refractivity (Wildman–Crippen MR) is 98.1 cm³/mol. The number of carbonyl (C=O) groups is 1. The lowest BCUT2D eigenvalue weighted by atomic mass is 9.80. The van der Waals surface area contributed by atoms with Gasteiger partial charge in [-0.15, -0.1) is 0 Å². The van der Waals surface area contributed by atoms with Gasteiger partial charge < -0.3 is 9.73 Å². The molecular formula is C19H22N2O5. The third kappa shape index (κ3) is 3.92. The third-order valence-electron chi connectivity index (χ3n) is 5.10. The molecule has 1 aromatic carbocycles. The molecule has 2 aromatic rings. The molecule has 1 N–H and O–H groups in total. The number of hydrogen-bond acceptors (Lipinski definition) is 5. The number of nitro groups is 1. The number of carbonyl (C=O) groups excluding carboxylic acids is 1. The van der Waals surface area contributed by atoms with Crippen LogP contribution in [-0.4, -0.2) is 10.8 Å². The van der Waals surface area contributed by atoms with Crippen molar-refractivity contribution >= 4 is 28.3 Å². The second-order valence-electron chi connectivity index (χ2n) is 6.92. The summed E-state index contributed by atoms with van der Waals surface area (Å²) >= 11 is 0. The molecule has 0 unspecified atom stereocenters. The van der Waals surface area contributed by atoms with Crippen molar-refractivity contribution in [2.45, 2.75) is 45.4 Å². The molecule has 138 valence electrons. The number of amides is 1. The zero-order valence-electron chi connectivity index (χ0n) is 14.7. The molecule has 0 bridgehead atoms. The standard InChI is InChI=1S/C19H22N2O5/c1-2-3-12-4-6-13(7-5-12)18(22)20-16-11-14-10-15(21(24)25)8-9-17(14)26-19(16)23/h8-13H,2-7H2,1H3,(H,20,22). The number of nitrogens with zero attached hydrogens (tertiary/aromatic N) is 1. The minimum atomic E-state index is -0.653. The zero-order chi connectivity index (χ0) is 18.7. The van der Waals surface area contributed by atoms with Crippen molar-refractivity contribution in [2.24, 2.45) is 11.8 Å². The highest BCUT2D eigenvalue weighted by atomic mass is 16.6. The largest absolute Gasteiger partial charge is 0.421 e. The number of rotatable bonds is 5. The SMILES string of the molecule is CCCC1CCC(C(=O)Nc2cc3cc([N+](=O)[O-])ccc3oc2=O)CC1. The molecule has 0 radical (unpaired) electrons. The van der Waals surface area contributed by atoms with E-state index >= 15 is 0 Å². The van der Waals surface area contributed by atoms with Crippen LogP contribution in [0.1, 0.15) is 45.4 Å². The van der Waals surface area contributed by atoms with E-state index in [4.69, 9.17) is 4.42 Å². The van der Waals surface area contributed by atoms with Crippen molar-refractivity contribution in [3.8, 4) is 0 Å². The summed E-state index contributed by atoms with van der Waals surface area (Å²) in [5.74, 6) is 0.399. The number of nitro benzene ring substituents is 1. The first-order valence-electron chi connectivity index (χ1n) is 9.01. The van der Waals surface area contributed by atoms with Crippen molar-refractivity contribution in [1.29, 1.82) is 0 Å². The molecule has 1 aromatic heterocycles. The lowest BCUT2D eigenvalue weighted by molar-refractivity contribution is -0.384. The summed E-state index contributed by atoms with van der Waals surface area (Å²) in [6.07, 6.45) is 6.06. The minimum absolute atomic E-state index is 0.0266. The molecule has 1 amide bonds. The molecular weight excluding hydrogens is 336 g/mol. The van der Waals surface area contributed by atoms with Gasteiger partial charge in [0, 0.05) is 23.4 Å². The summed E-state index contributed by atoms with van der Waals surface area (Å²) in [6, 6.07) is 5.42. The Labute approximate surface area is 150 Å². The van der Waals surface area contributed by atoms with E-state index in [1.54, 1.807) is 0 Å². The Hall–Kier alpha value is -2.70. The van der Waals surface area contributed by atoms with Gasteiger partial charge in [-0.3, -0.25) is 14.9 Å². The van der Waals surface area contributed by atoms with Crippen LogP contribution in [0.3, 0.4) is 0 Å². The number of hydrogen-bond donors (Lipinski definition) is 1. The Kier molecular flexibility index (Phi) is 5.35. The topological polar surface area (TPSA) is 102 Å². The van der Waals surface area contributed by atoms with Crippen LogP contribution in [0.2, 0.25) is 0 Å². The second kappa shape index (κ2) is 7.68. The molecule has 1 fully saturated rings. The predicted octanol–water partition coefficient (Wildman–Crippen LogP) is 4.25. The highest BCUT2D eigenvalue weighted by molar-refractivity contribution is 5.94. The molecule has 0 aliphatic heterocycles. The van der Waals surface area contributed by atoms with Crippen LogP contribution in [0.15, 0.2) is 33.5 Å². The van der Waals surface area contributed by atoms with Crippen molar-refractivity contribution < 1.29 is 14.1 Å². The summed E-state index contributed by atoms with van der Waals surface area (Å²) in [6.45, 7) is 2.17. The molecule has 26 heavy (non-hydrogen) atoms. The molecule has 0 saturated heterocycles. The fraction of sp³-hybridized carbons (Fsp3) is 0.474. The number of non-ortho nitro benzene ring substituents is 1. The van der Waals surface area contributed by atoms with E-state index in [9.17, 15) is 19.7 Å². The smallest absolute Gasteiger partial charge is 0.360 e. The lowest BCUT2D eigenvalue weighted by Gasteiger charge is -2.27. The number of fused-ring (bicyclic) bond motifs is 1. The van der Waals surface area contributed by atoms with Gasteiger partial charge in [-0.2, -0.15) is 0 Å². The van der Waals surface area contributed by atoms with E-state index in [0.717, 1.165) is 32.1 Å². The number of nitrogens with one attached hydrogen (secondary N) is 1. The van der Waals surface area contributed by atoms with Gasteiger partial charge in [0.15, 0.2) is 0 Å². The minimum Gasteiger partial charge on any atom is -0.421 e. The molecule has 0 spiro atoms. The lowest BCUT2D eigenvalue weighted by Crippen LogP contribution is -2.29. The summed E-state index contributed by atoms with van der Waals surface area (Å²) in [7, 11) is 0. The van der Waals surface area contributed by atoms with Crippen LogP contribution >= 0.6 is 0 Å². The molecule has 1 saturated carbocycles. The van der Waals surface area contributed by atoms with Gasteiger partial charge in [0.05, 0.1) is 4.92 Å². The molecule has 1 heterocycles. The maximum atomic E-state index is 12.5. The van der Waals surface area contributed by atoms with Crippen molar-refractivity contribution in [3.05, 3.63) is 44.8 Å². The number of anilines is 1. The third-order valence-corrected chi connectivity index (χ3v) is 5.10. The van der Waals surface area contributed by atoms with E-state index in [-0.39, 0.29) is 28.8 Å². The highest BCUT2D eigenvalue weighted by Gasteiger charge is 2.26. The zero-order valence-corrected chi connectivity index (χ0v) is 14.7. The van der Waals surface area contributed by atoms with Crippen molar-refractivity contribution in [3.63, 3.8) is 0 Å². The van der Waals surface area contributed by atoms with Gasteiger partial charge in [0.2, 0.25) is 5.91 Å². The fourth-order valence-electron chi connectivity index (χ4n) is 3.67. The van der Waals surface area contributed by atoms with Crippen LogP contribution in [-0.2, 0) is 4.79 Å². The number of benzene rings is 1. The van der Waals surface area contributed by atoms with E-state index in [0.29, 0.717) is 11.3 Å². The maximum Gasteiger partial charge on any atom is 0.360 e. The van der Waals surface area contributed by atoms with Crippen LogP contribution in [0, 0.1) is 22.0 Å². The Balaban J connectivity index is 1.75. The highest BCUT2D eigenvalue weighted by Crippen LogP contribution is 2.32. The molecule has 0 atom stereocenters. The molecule has 1 aliphatic rings. The fourth-order valence-corrected chi connectivity index (χ4v) is 3.67. The van der Waals surface area contributed by atoms with E-state index in [1.807, 2.05) is 0 Å². The monoisotopic (exact) mass is 358 g/mol. The van der Waals surface area contributed by atoms with Crippen molar-refractivity contribution in [2.75, 3.05) is 5.32 Å². The van der Waals surface area contributed by atoms with Gasteiger partial charge in [0.1, 0.15) is 11.3 Å². The van der Waals surface area contributed by atoms with E-state index in [2.05, 4.69) is 12.2 Å². The van der Waals surface area contributed by atoms with Crippen LogP contribution in [0.5, 0.6) is 0 Å². The molecule has 7 nitrogen and oxygen atoms in total. The van der Waals surface area contributed by atoms with Crippen molar-refractivity contribution in [1.82, 2.24) is 0 Å². The summed E-state index contributed by atoms with van der Waals surface area (Å²) in [5, 5.41) is 14.0. The second-order valence-corrected chi connectivity index (χ2v) is 6.92. The Morgan fingerprint density at radius 1 is 1.27 bits per heavy atom. The first-order valence-corrected chi connectivity index (χ1v) is 9.01. The van der Waals surface area contributed by atoms with E-state index < -0.39 is 10.5 Å². The summed E-state index contributed by atoms with van der Waals surface area (Å²) < 4.78 is 5.17. The Bertz CT molecular complexity index is 881. The first-order chi connectivity index (χ1) is 12.5. The van der Waals surface area contributed by atoms with Gasteiger partial charge in [-0.05, 0) is 43.7 Å². The van der Waals surface area contributed by atoms with Gasteiger partial charge in [0.25, 0.3) is 5.69 Å². The summed E-state index contributed by atoms with van der Waals surface area (Å²) in [5.41, 5.74) is -0.477. The van der Waals surface area contributed by atoms with Gasteiger partial charge in [-0.1, -0.05) is 19.8 Å². The Morgan fingerprint density at radius 3 is 2.65 bits per heavy atom. The molecule has 7 heteroatoms. The normalized spacial score (nSPS) is 20.0. The summed E-state index contributed by atoms with van der Waals surface area (Å²) in [4.78, 5) is 35.0. The maximum absolute atomic E-state index is 12.5. The van der Waals surface area contributed by atoms with Gasteiger partial charge in [-0.25, -0.2) is 4.79 Å². The Morgan fingerprint density at radius 2 is 2.00 bits per heavy atom. The van der Waals surface area contributed by atoms with Gasteiger partial charge >= 0.3 is 5.63 Å². The average Bonchev–Trinajstić information content (AvgIpc) is 2.62. The van der Waals surface area contributed by atoms with Crippen LogP contribution < -0.4 is 10.9 Å². The molecule has 1 aliphatic carbocycles. The van der Waals surface area contributed by atoms with E-state index in [1.165, 1.54) is 30.7 Å². The average molecular weight is 358 g/mol. The van der Waals surface area contributed by atoms with Crippen LogP contribution in [0.25, 0.3) is 11.0 Å². The first kappa shape index (κ1) is 18.1. The quantitative estimate of drug-likeness (QED) is 0.489. The molecule has 3 rings (SSSR count). The van der Waals surface area contributed by atoms with Crippen LogP contribution in [0.4, 0.5) is 11.4 Å².